The molecule has 0 aliphatic heterocycles. The summed E-state index contributed by atoms with van der Waals surface area (Å²) in [7, 11) is 2.41. The maximum Gasteiger partial charge on any atom is 0.334 e. The van der Waals surface area contributed by atoms with Crippen LogP contribution in [0.4, 0.5) is 5.69 Å². The molecule has 0 aromatic heterocycles. The summed E-state index contributed by atoms with van der Waals surface area (Å²) in [6, 6.07) is 8.95. The molecule has 0 saturated carbocycles. The summed E-state index contributed by atoms with van der Waals surface area (Å²) in [5.74, 6) is -1.72. The van der Waals surface area contributed by atoms with Gasteiger partial charge in [-0.2, -0.15) is 0 Å². The van der Waals surface area contributed by atoms with E-state index in [4.69, 9.17) is 0 Å². The molecule has 0 heterocycles. The van der Waals surface area contributed by atoms with Gasteiger partial charge < -0.3 is 14.8 Å². The molecule has 1 amide bonds. The Morgan fingerprint density at radius 3 is 2.17 bits per heavy atom. The fourth-order valence-electron chi connectivity index (χ4n) is 1.92. The van der Waals surface area contributed by atoms with Crippen LogP contribution in [0.5, 0.6) is 0 Å². The summed E-state index contributed by atoms with van der Waals surface area (Å²) in [5.41, 5.74) is 1.78. The molecule has 1 rings (SSSR count). The third-order valence-electron chi connectivity index (χ3n) is 3.22. The van der Waals surface area contributed by atoms with Crippen molar-refractivity contribution in [3.05, 3.63) is 53.1 Å². The molecule has 1 aromatic carbocycles. The van der Waals surface area contributed by atoms with Crippen LogP contribution >= 0.6 is 0 Å². The largest absolute Gasteiger partial charge is 0.466 e. The SMILES string of the molecule is COC(=O)/C=C(/CC(C(=O)Nc1ccccc1)=C(C)C)C(=O)OC. The van der Waals surface area contributed by atoms with Crippen molar-refractivity contribution in [2.45, 2.75) is 20.3 Å². The lowest BCUT2D eigenvalue weighted by Gasteiger charge is -2.12. The lowest BCUT2D eigenvalue weighted by atomic mass is 10.00. The van der Waals surface area contributed by atoms with Gasteiger partial charge in [0.2, 0.25) is 0 Å². The molecular weight excluding hydrogens is 310 g/mol. The van der Waals surface area contributed by atoms with Crippen LogP contribution in [-0.2, 0) is 23.9 Å². The number of benzene rings is 1. The van der Waals surface area contributed by atoms with E-state index in [1.54, 1.807) is 38.1 Å². The van der Waals surface area contributed by atoms with E-state index in [0.29, 0.717) is 11.3 Å². The average Bonchev–Trinajstić information content (AvgIpc) is 2.57. The van der Waals surface area contributed by atoms with E-state index in [-0.39, 0.29) is 17.9 Å². The first-order chi connectivity index (χ1) is 11.4. The smallest absolute Gasteiger partial charge is 0.334 e. The number of rotatable bonds is 6. The van der Waals surface area contributed by atoms with E-state index in [9.17, 15) is 14.4 Å². The Kier molecular flexibility index (Phi) is 7.42. The molecule has 0 aliphatic rings. The van der Waals surface area contributed by atoms with Crippen molar-refractivity contribution in [3.63, 3.8) is 0 Å². The Hall–Kier alpha value is -2.89. The van der Waals surface area contributed by atoms with E-state index in [1.165, 1.54) is 14.2 Å². The van der Waals surface area contributed by atoms with Crippen molar-refractivity contribution in [2.24, 2.45) is 0 Å². The molecule has 0 radical (unpaired) electrons. The van der Waals surface area contributed by atoms with Crippen LogP contribution in [-0.4, -0.2) is 32.1 Å². The number of ether oxygens (including phenoxy) is 2. The molecule has 0 unspecified atom stereocenters. The minimum atomic E-state index is -0.688. The normalized spacial score (nSPS) is 10.6. The van der Waals surface area contributed by atoms with Gasteiger partial charge in [-0.3, -0.25) is 4.79 Å². The van der Waals surface area contributed by atoms with Gasteiger partial charge in [0.05, 0.1) is 14.2 Å². The monoisotopic (exact) mass is 331 g/mol. The molecule has 0 spiro atoms. The van der Waals surface area contributed by atoms with Gasteiger partial charge in [0, 0.05) is 29.3 Å². The maximum absolute atomic E-state index is 12.5. The second kappa shape index (κ2) is 9.29. The Morgan fingerprint density at radius 2 is 1.67 bits per heavy atom. The third kappa shape index (κ3) is 5.72. The lowest BCUT2D eigenvalue weighted by molar-refractivity contribution is -0.138. The summed E-state index contributed by atoms with van der Waals surface area (Å²) in [6.45, 7) is 3.51. The van der Waals surface area contributed by atoms with Crippen LogP contribution in [0.1, 0.15) is 20.3 Å². The average molecular weight is 331 g/mol. The van der Waals surface area contributed by atoms with Crippen molar-refractivity contribution in [1.82, 2.24) is 0 Å². The first-order valence-electron chi connectivity index (χ1n) is 7.28. The van der Waals surface area contributed by atoms with Crippen molar-refractivity contribution < 1.29 is 23.9 Å². The fourth-order valence-corrected chi connectivity index (χ4v) is 1.92. The molecule has 0 fully saturated rings. The standard InChI is InChI=1S/C18H21NO5/c1-12(2)15(17(21)19-14-8-6-5-7-9-14)10-13(18(22)24-4)11-16(20)23-3/h5-9,11H,10H2,1-4H3,(H,19,21)/b13-11-. The second-order valence-corrected chi connectivity index (χ2v) is 5.16. The second-order valence-electron chi connectivity index (χ2n) is 5.16. The van der Waals surface area contributed by atoms with Crippen molar-refractivity contribution in [3.8, 4) is 0 Å². The summed E-state index contributed by atoms with van der Waals surface area (Å²) in [5, 5.41) is 2.76. The van der Waals surface area contributed by atoms with E-state index in [2.05, 4.69) is 14.8 Å². The Bertz CT molecular complexity index is 670. The topological polar surface area (TPSA) is 81.7 Å². The highest BCUT2D eigenvalue weighted by atomic mass is 16.5. The predicted octanol–water partition coefficient (Wildman–Crippen LogP) is 2.62. The van der Waals surface area contributed by atoms with Gasteiger partial charge in [-0.15, -0.1) is 0 Å². The molecule has 1 N–H and O–H groups in total. The molecule has 0 atom stereocenters. The zero-order valence-electron chi connectivity index (χ0n) is 14.2. The van der Waals surface area contributed by atoms with E-state index >= 15 is 0 Å². The molecule has 0 saturated heterocycles. The van der Waals surface area contributed by atoms with Crippen LogP contribution < -0.4 is 5.32 Å². The van der Waals surface area contributed by atoms with Gasteiger partial charge in [0.1, 0.15) is 0 Å². The number of carbonyl (C=O) groups excluding carboxylic acids is 3. The van der Waals surface area contributed by atoms with Crippen molar-refractivity contribution in [2.75, 3.05) is 19.5 Å². The number of para-hydroxylation sites is 1. The number of hydrogen-bond donors (Lipinski definition) is 1. The number of hydrogen-bond acceptors (Lipinski definition) is 5. The first-order valence-corrected chi connectivity index (χ1v) is 7.28. The number of allylic oxidation sites excluding steroid dienone is 1. The number of amides is 1. The van der Waals surface area contributed by atoms with Crippen LogP contribution in [0, 0.1) is 0 Å². The summed E-state index contributed by atoms with van der Waals surface area (Å²) < 4.78 is 9.20. The Balaban J connectivity index is 3.05. The Morgan fingerprint density at radius 1 is 1.04 bits per heavy atom. The molecule has 0 aliphatic carbocycles. The van der Waals surface area contributed by atoms with Gasteiger partial charge in [-0.05, 0) is 26.0 Å². The third-order valence-corrected chi connectivity index (χ3v) is 3.22. The molecule has 1 aromatic rings. The zero-order valence-corrected chi connectivity index (χ0v) is 14.2. The van der Waals surface area contributed by atoms with Crippen molar-refractivity contribution >= 4 is 23.5 Å². The highest BCUT2D eigenvalue weighted by Crippen LogP contribution is 2.19. The number of nitrogens with one attached hydrogen (secondary N) is 1. The molecule has 24 heavy (non-hydrogen) atoms. The molecule has 128 valence electrons. The molecule has 6 nitrogen and oxygen atoms in total. The quantitative estimate of drug-likeness (QED) is 0.640. The number of esters is 2. The van der Waals surface area contributed by atoms with Crippen LogP contribution in [0.2, 0.25) is 0 Å². The van der Waals surface area contributed by atoms with Gasteiger partial charge in [0.25, 0.3) is 5.91 Å². The maximum atomic E-state index is 12.5. The minimum Gasteiger partial charge on any atom is -0.466 e. The zero-order chi connectivity index (χ0) is 18.1. The van der Waals surface area contributed by atoms with Crippen LogP contribution in [0.25, 0.3) is 0 Å². The summed E-state index contributed by atoms with van der Waals surface area (Å²) in [4.78, 5) is 35.8. The Labute approximate surface area is 141 Å². The van der Waals surface area contributed by atoms with Crippen molar-refractivity contribution in [1.29, 1.82) is 0 Å². The summed E-state index contributed by atoms with van der Waals surface area (Å²) >= 11 is 0. The van der Waals surface area contributed by atoms with E-state index in [0.717, 1.165) is 11.6 Å². The molecular formula is C18H21NO5. The molecule has 0 bridgehead atoms. The predicted molar refractivity (Wildman–Crippen MR) is 90.2 cm³/mol. The van der Waals surface area contributed by atoms with Gasteiger partial charge in [-0.1, -0.05) is 23.8 Å². The highest BCUT2D eigenvalue weighted by Gasteiger charge is 2.19. The van der Waals surface area contributed by atoms with Gasteiger partial charge >= 0.3 is 11.9 Å². The highest BCUT2D eigenvalue weighted by molar-refractivity contribution is 6.06. The summed E-state index contributed by atoms with van der Waals surface area (Å²) in [6.07, 6.45) is 0.993. The van der Waals surface area contributed by atoms with Gasteiger partial charge in [0.15, 0.2) is 0 Å². The van der Waals surface area contributed by atoms with Gasteiger partial charge in [-0.25, -0.2) is 9.59 Å². The van der Waals surface area contributed by atoms with Crippen LogP contribution in [0.15, 0.2) is 53.1 Å². The number of methoxy groups -OCH3 is 2. The number of carbonyl (C=O) groups is 3. The van der Waals surface area contributed by atoms with Crippen LogP contribution in [0.3, 0.4) is 0 Å². The lowest BCUT2D eigenvalue weighted by Crippen LogP contribution is -2.18. The minimum absolute atomic E-state index is 0.0389. The molecule has 6 heteroatoms. The fraction of sp³-hybridized carbons (Fsp3) is 0.278. The van der Waals surface area contributed by atoms with E-state index in [1.807, 2.05) is 6.07 Å². The number of anilines is 1. The van der Waals surface area contributed by atoms with E-state index < -0.39 is 11.9 Å². The first kappa shape index (κ1) is 19.2.